The van der Waals surface area contributed by atoms with Crippen LogP contribution in [0.5, 0.6) is 0 Å². The summed E-state index contributed by atoms with van der Waals surface area (Å²) in [6.45, 7) is 1.55. The second kappa shape index (κ2) is 5.67. The van der Waals surface area contributed by atoms with E-state index >= 15 is 0 Å². The Balaban J connectivity index is 2.32. The molecule has 0 aliphatic rings. The van der Waals surface area contributed by atoms with E-state index in [-0.39, 0.29) is 5.82 Å². The van der Waals surface area contributed by atoms with Crippen LogP contribution in [0.25, 0.3) is 0 Å². The first-order valence-electron chi connectivity index (χ1n) is 4.43. The lowest BCUT2D eigenvalue weighted by atomic mass is 10.1. The molecule has 0 saturated carbocycles. The van der Waals surface area contributed by atoms with Gasteiger partial charge >= 0.3 is 0 Å². The van der Waals surface area contributed by atoms with Crippen LogP contribution < -0.4 is 10.6 Å². The van der Waals surface area contributed by atoms with Crippen molar-refractivity contribution in [2.24, 2.45) is 0 Å². The number of hydrogen-bond donors (Lipinski definition) is 2. The lowest BCUT2D eigenvalue weighted by molar-refractivity contribution is 0.588. The van der Waals surface area contributed by atoms with Crippen molar-refractivity contribution in [1.82, 2.24) is 10.6 Å². The molecule has 0 aliphatic heterocycles. The highest BCUT2D eigenvalue weighted by molar-refractivity contribution is 5.17. The highest BCUT2D eigenvalue weighted by Crippen LogP contribution is 2.05. The molecule has 0 fully saturated rings. The Morgan fingerprint density at radius 1 is 1.31 bits per heavy atom. The first-order valence-corrected chi connectivity index (χ1v) is 4.43. The third kappa shape index (κ3) is 3.53. The molecule has 1 aromatic rings. The maximum absolute atomic E-state index is 13.1. The van der Waals surface area contributed by atoms with E-state index in [1.165, 1.54) is 6.07 Å². The third-order valence-electron chi connectivity index (χ3n) is 1.83. The number of hydrogen-bond acceptors (Lipinski definition) is 2. The molecule has 3 heteroatoms. The zero-order valence-electron chi connectivity index (χ0n) is 7.81. The summed E-state index contributed by atoms with van der Waals surface area (Å²) in [5, 5.41) is 6.10. The van der Waals surface area contributed by atoms with Crippen LogP contribution in [-0.4, -0.2) is 20.3 Å². The van der Waals surface area contributed by atoms with Gasteiger partial charge in [-0.15, -0.1) is 0 Å². The molecule has 0 unspecified atom stereocenters. The van der Waals surface area contributed by atoms with E-state index < -0.39 is 0 Å². The Bertz CT molecular complexity index is 250. The molecule has 0 spiro atoms. The lowest BCUT2D eigenvalue weighted by Gasteiger charge is -2.04. The van der Waals surface area contributed by atoms with Crippen molar-refractivity contribution in [2.75, 3.05) is 20.3 Å². The van der Waals surface area contributed by atoms with Crippen LogP contribution in [-0.2, 0) is 6.42 Å². The van der Waals surface area contributed by atoms with Crippen LogP contribution in [0.1, 0.15) is 5.56 Å². The van der Waals surface area contributed by atoms with E-state index in [0.717, 1.165) is 25.2 Å². The van der Waals surface area contributed by atoms with Crippen molar-refractivity contribution in [2.45, 2.75) is 6.42 Å². The topological polar surface area (TPSA) is 24.1 Å². The Morgan fingerprint density at radius 3 is 2.77 bits per heavy atom. The molecule has 0 radical (unpaired) electrons. The predicted molar refractivity (Wildman–Crippen MR) is 52.0 cm³/mol. The Labute approximate surface area is 78.2 Å². The molecule has 13 heavy (non-hydrogen) atoms. The SMILES string of the molecule is CNCNCCc1ccccc1F. The molecule has 0 aliphatic carbocycles. The first-order chi connectivity index (χ1) is 6.34. The summed E-state index contributed by atoms with van der Waals surface area (Å²) in [6, 6.07) is 6.88. The summed E-state index contributed by atoms with van der Waals surface area (Å²) in [6.07, 6.45) is 0.731. The van der Waals surface area contributed by atoms with Crippen LogP contribution >= 0.6 is 0 Å². The predicted octanol–water partition coefficient (Wildman–Crippen LogP) is 1.13. The summed E-state index contributed by atoms with van der Waals surface area (Å²) in [7, 11) is 1.87. The number of halogens is 1. The largest absolute Gasteiger partial charge is 0.308 e. The van der Waals surface area contributed by atoms with Gasteiger partial charge < -0.3 is 10.6 Å². The van der Waals surface area contributed by atoms with E-state index in [0.29, 0.717) is 0 Å². The molecule has 1 aromatic carbocycles. The van der Waals surface area contributed by atoms with Crippen molar-refractivity contribution in [3.8, 4) is 0 Å². The molecule has 0 atom stereocenters. The smallest absolute Gasteiger partial charge is 0.126 e. The zero-order chi connectivity index (χ0) is 9.52. The van der Waals surface area contributed by atoms with Crippen LogP contribution in [0.3, 0.4) is 0 Å². The highest BCUT2D eigenvalue weighted by Gasteiger charge is 1.98. The van der Waals surface area contributed by atoms with E-state index in [2.05, 4.69) is 10.6 Å². The van der Waals surface area contributed by atoms with Gasteiger partial charge in [-0.05, 0) is 25.1 Å². The molecule has 0 aromatic heterocycles. The third-order valence-corrected chi connectivity index (χ3v) is 1.83. The number of rotatable bonds is 5. The van der Waals surface area contributed by atoms with Crippen molar-refractivity contribution in [3.63, 3.8) is 0 Å². The van der Waals surface area contributed by atoms with Gasteiger partial charge in [0.25, 0.3) is 0 Å². The Kier molecular flexibility index (Phi) is 4.43. The van der Waals surface area contributed by atoms with Crippen LogP contribution in [0.4, 0.5) is 4.39 Å². The Morgan fingerprint density at radius 2 is 2.08 bits per heavy atom. The zero-order valence-corrected chi connectivity index (χ0v) is 7.81. The number of nitrogens with one attached hydrogen (secondary N) is 2. The average molecular weight is 182 g/mol. The van der Waals surface area contributed by atoms with Gasteiger partial charge in [0.1, 0.15) is 5.82 Å². The Hall–Kier alpha value is -0.930. The summed E-state index contributed by atoms with van der Waals surface area (Å²) in [5.74, 6) is -0.117. The van der Waals surface area contributed by atoms with Gasteiger partial charge in [-0.25, -0.2) is 4.39 Å². The van der Waals surface area contributed by atoms with Gasteiger partial charge in [0.15, 0.2) is 0 Å². The molecule has 0 amide bonds. The van der Waals surface area contributed by atoms with Crippen LogP contribution in [0, 0.1) is 5.82 Å². The van der Waals surface area contributed by atoms with Gasteiger partial charge in [0, 0.05) is 13.2 Å². The second-order valence-corrected chi connectivity index (χ2v) is 2.87. The standard InChI is InChI=1S/C10H15FN2/c1-12-8-13-7-6-9-4-2-3-5-10(9)11/h2-5,12-13H,6-8H2,1H3. The van der Waals surface area contributed by atoms with Crippen LogP contribution in [0.15, 0.2) is 24.3 Å². The highest BCUT2D eigenvalue weighted by atomic mass is 19.1. The maximum atomic E-state index is 13.1. The van der Waals surface area contributed by atoms with E-state index in [4.69, 9.17) is 0 Å². The molecular formula is C10H15FN2. The van der Waals surface area contributed by atoms with Gasteiger partial charge in [0.2, 0.25) is 0 Å². The molecule has 2 N–H and O–H groups in total. The van der Waals surface area contributed by atoms with Crippen LogP contribution in [0.2, 0.25) is 0 Å². The lowest BCUT2D eigenvalue weighted by Crippen LogP contribution is -2.27. The van der Waals surface area contributed by atoms with E-state index in [1.807, 2.05) is 19.2 Å². The molecule has 2 nitrogen and oxygen atoms in total. The average Bonchev–Trinajstić information content (AvgIpc) is 2.15. The minimum Gasteiger partial charge on any atom is -0.308 e. The molecule has 0 saturated heterocycles. The summed E-state index contributed by atoms with van der Waals surface area (Å²) >= 11 is 0. The van der Waals surface area contributed by atoms with E-state index in [9.17, 15) is 4.39 Å². The quantitative estimate of drug-likeness (QED) is 0.527. The molecule has 72 valence electrons. The molecule has 1 rings (SSSR count). The minimum absolute atomic E-state index is 0.117. The molecule has 0 heterocycles. The summed E-state index contributed by atoms with van der Waals surface area (Å²) in [4.78, 5) is 0. The second-order valence-electron chi connectivity index (χ2n) is 2.87. The van der Waals surface area contributed by atoms with Gasteiger partial charge in [-0.2, -0.15) is 0 Å². The monoisotopic (exact) mass is 182 g/mol. The van der Waals surface area contributed by atoms with Crippen molar-refractivity contribution >= 4 is 0 Å². The maximum Gasteiger partial charge on any atom is 0.126 e. The van der Waals surface area contributed by atoms with Gasteiger partial charge in [-0.3, -0.25) is 0 Å². The fraction of sp³-hybridized carbons (Fsp3) is 0.400. The fourth-order valence-corrected chi connectivity index (χ4v) is 1.14. The number of benzene rings is 1. The first kappa shape index (κ1) is 10.2. The minimum atomic E-state index is -0.117. The normalized spacial score (nSPS) is 10.3. The van der Waals surface area contributed by atoms with Gasteiger partial charge in [-0.1, -0.05) is 18.2 Å². The van der Waals surface area contributed by atoms with Gasteiger partial charge in [0.05, 0.1) is 0 Å². The summed E-state index contributed by atoms with van der Waals surface area (Å²) < 4.78 is 13.1. The van der Waals surface area contributed by atoms with E-state index in [1.54, 1.807) is 6.07 Å². The van der Waals surface area contributed by atoms with Crippen molar-refractivity contribution in [3.05, 3.63) is 35.6 Å². The molecule has 0 bridgehead atoms. The summed E-state index contributed by atoms with van der Waals surface area (Å²) in [5.41, 5.74) is 0.770. The van der Waals surface area contributed by atoms with Crippen molar-refractivity contribution < 1.29 is 4.39 Å². The fourth-order valence-electron chi connectivity index (χ4n) is 1.14. The van der Waals surface area contributed by atoms with Crippen molar-refractivity contribution in [1.29, 1.82) is 0 Å². The molecular weight excluding hydrogens is 167 g/mol.